The fraction of sp³-hybridized carbons (Fsp3) is 0.615. The Morgan fingerprint density at radius 2 is 2.00 bits per heavy atom. The number of hydrogen-bond acceptors (Lipinski definition) is 3. The van der Waals surface area contributed by atoms with Crippen LogP contribution in [0.5, 0.6) is 0 Å². The van der Waals surface area contributed by atoms with Crippen molar-refractivity contribution in [3.05, 3.63) is 24.0 Å². The molecule has 1 unspecified atom stereocenters. The van der Waals surface area contributed by atoms with E-state index < -0.39 is 24.8 Å². The van der Waals surface area contributed by atoms with E-state index in [4.69, 9.17) is 10.2 Å². The Labute approximate surface area is 119 Å². The van der Waals surface area contributed by atoms with Crippen LogP contribution in [-0.4, -0.2) is 57.6 Å². The van der Waals surface area contributed by atoms with Gasteiger partial charge in [0.2, 0.25) is 0 Å². The summed E-state index contributed by atoms with van der Waals surface area (Å²) < 4.78 is 38.6. The summed E-state index contributed by atoms with van der Waals surface area (Å²) in [6.07, 6.45) is -4.16. The lowest BCUT2D eigenvalue weighted by Crippen LogP contribution is -2.44. The van der Waals surface area contributed by atoms with Crippen LogP contribution < -0.4 is 0 Å². The molecule has 2 rings (SSSR count). The molecule has 1 aliphatic heterocycles. The second kappa shape index (κ2) is 6.07. The summed E-state index contributed by atoms with van der Waals surface area (Å²) in [5.74, 6) is -1.02. The van der Waals surface area contributed by atoms with E-state index in [-0.39, 0.29) is 11.7 Å². The highest BCUT2D eigenvalue weighted by molar-refractivity contribution is 5.85. The quantitative estimate of drug-likeness (QED) is 0.889. The Morgan fingerprint density at radius 1 is 1.38 bits per heavy atom. The monoisotopic (exact) mass is 306 g/mol. The summed E-state index contributed by atoms with van der Waals surface area (Å²) in [4.78, 5) is 12.6. The molecule has 0 saturated carbocycles. The van der Waals surface area contributed by atoms with Gasteiger partial charge in [-0.05, 0) is 25.0 Å². The Morgan fingerprint density at radius 3 is 2.52 bits per heavy atom. The number of aromatic carboxylic acids is 1. The van der Waals surface area contributed by atoms with Crippen molar-refractivity contribution < 1.29 is 28.2 Å². The third kappa shape index (κ3) is 3.76. The molecule has 8 heteroatoms. The molecule has 118 valence electrons. The van der Waals surface area contributed by atoms with Gasteiger partial charge in [0, 0.05) is 31.9 Å². The van der Waals surface area contributed by atoms with Crippen LogP contribution in [0.25, 0.3) is 0 Å². The number of aliphatic hydroxyl groups excluding tert-OH is 1. The molecule has 5 nitrogen and oxygen atoms in total. The van der Waals surface area contributed by atoms with Crippen molar-refractivity contribution in [2.45, 2.75) is 31.2 Å². The molecular formula is C13H17F3N2O3. The fourth-order valence-electron chi connectivity index (χ4n) is 2.62. The summed E-state index contributed by atoms with van der Waals surface area (Å²) in [6, 6.07) is 3.11. The molecular weight excluding hydrogens is 289 g/mol. The van der Waals surface area contributed by atoms with Gasteiger partial charge in [-0.15, -0.1) is 0 Å². The van der Waals surface area contributed by atoms with E-state index in [1.54, 1.807) is 21.7 Å². The van der Waals surface area contributed by atoms with Crippen LogP contribution in [0.3, 0.4) is 0 Å². The van der Waals surface area contributed by atoms with E-state index in [0.29, 0.717) is 25.9 Å². The third-order valence-electron chi connectivity index (χ3n) is 3.76. The summed E-state index contributed by atoms with van der Waals surface area (Å²) in [7, 11) is 0. The second-order valence-electron chi connectivity index (χ2n) is 5.20. The number of likely N-dealkylation sites (tertiary alicyclic amines) is 1. The van der Waals surface area contributed by atoms with Gasteiger partial charge in [0.1, 0.15) is 5.69 Å². The molecule has 0 spiro atoms. The number of carboxylic acids is 1. The zero-order valence-electron chi connectivity index (χ0n) is 11.3. The normalized spacial score (nSPS) is 19.6. The SMILES string of the molecule is O=C(O)c1cccn1C1CCN(CC(O)C(F)(F)F)CC1. The van der Waals surface area contributed by atoms with Gasteiger partial charge < -0.3 is 19.7 Å². The first-order valence-electron chi connectivity index (χ1n) is 6.66. The van der Waals surface area contributed by atoms with Gasteiger partial charge in [-0.3, -0.25) is 0 Å². The van der Waals surface area contributed by atoms with Crippen LogP contribution in [-0.2, 0) is 0 Å². The van der Waals surface area contributed by atoms with Crippen molar-refractivity contribution in [3.63, 3.8) is 0 Å². The van der Waals surface area contributed by atoms with Gasteiger partial charge in [-0.25, -0.2) is 4.79 Å². The smallest absolute Gasteiger partial charge is 0.415 e. The number of carboxylic acid groups (broad SMARTS) is 1. The summed E-state index contributed by atoms with van der Waals surface area (Å²) >= 11 is 0. The lowest BCUT2D eigenvalue weighted by molar-refractivity contribution is -0.208. The number of piperidine rings is 1. The van der Waals surface area contributed by atoms with Crippen molar-refractivity contribution in [1.29, 1.82) is 0 Å². The van der Waals surface area contributed by atoms with Gasteiger partial charge in [-0.1, -0.05) is 0 Å². The summed E-state index contributed by atoms with van der Waals surface area (Å²) in [5.41, 5.74) is 0.184. The molecule has 1 aromatic rings. The molecule has 0 radical (unpaired) electrons. The van der Waals surface area contributed by atoms with Crippen LogP contribution in [0, 0.1) is 0 Å². The number of rotatable bonds is 4. The van der Waals surface area contributed by atoms with E-state index >= 15 is 0 Å². The van der Waals surface area contributed by atoms with Gasteiger partial charge in [-0.2, -0.15) is 13.2 Å². The maximum Gasteiger partial charge on any atom is 0.415 e. The lowest BCUT2D eigenvalue weighted by atomic mass is 10.0. The van der Waals surface area contributed by atoms with E-state index in [9.17, 15) is 18.0 Å². The Bertz CT molecular complexity index is 493. The van der Waals surface area contributed by atoms with E-state index in [1.807, 2.05) is 0 Å². The summed E-state index contributed by atoms with van der Waals surface area (Å²) in [5, 5.41) is 18.1. The first-order chi connectivity index (χ1) is 9.79. The first-order valence-corrected chi connectivity index (χ1v) is 6.66. The number of aromatic nitrogens is 1. The maximum atomic E-state index is 12.3. The Balaban J connectivity index is 1.92. The standard InChI is InChI=1S/C13H17F3N2O3/c14-13(15,16)11(19)8-17-6-3-9(4-7-17)18-5-1-2-10(18)12(20)21/h1-2,5,9,11,19H,3-4,6-8H2,(H,20,21). The predicted octanol–water partition coefficient (Wildman–Crippen LogP) is 1.75. The Kier molecular flexibility index (Phi) is 4.58. The van der Waals surface area contributed by atoms with Gasteiger partial charge >= 0.3 is 12.1 Å². The molecule has 2 N–H and O–H groups in total. The van der Waals surface area contributed by atoms with Crippen LogP contribution in [0.2, 0.25) is 0 Å². The first kappa shape index (κ1) is 15.8. The molecule has 2 heterocycles. The zero-order chi connectivity index (χ0) is 15.6. The zero-order valence-corrected chi connectivity index (χ0v) is 11.3. The van der Waals surface area contributed by atoms with Crippen LogP contribution in [0.1, 0.15) is 29.4 Å². The number of halogens is 3. The highest BCUT2D eigenvalue weighted by atomic mass is 19.4. The molecule has 1 aliphatic rings. The minimum absolute atomic E-state index is 0.0367. The van der Waals surface area contributed by atoms with Crippen molar-refractivity contribution in [3.8, 4) is 0 Å². The molecule has 0 amide bonds. The molecule has 1 atom stereocenters. The van der Waals surface area contributed by atoms with Crippen molar-refractivity contribution >= 4 is 5.97 Å². The van der Waals surface area contributed by atoms with E-state index in [0.717, 1.165) is 0 Å². The largest absolute Gasteiger partial charge is 0.477 e. The minimum Gasteiger partial charge on any atom is -0.477 e. The van der Waals surface area contributed by atoms with Crippen molar-refractivity contribution in [1.82, 2.24) is 9.47 Å². The summed E-state index contributed by atoms with van der Waals surface area (Å²) in [6.45, 7) is 0.359. The molecule has 1 aromatic heterocycles. The molecule has 0 aromatic carbocycles. The number of alkyl halides is 3. The third-order valence-corrected chi connectivity index (χ3v) is 3.76. The van der Waals surface area contributed by atoms with Gasteiger partial charge in [0.05, 0.1) is 0 Å². The van der Waals surface area contributed by atoms with Crippen LogP contribution >= 0.6 is 0 Å². The minimum atomic E-state index is -4.60. The number of carbonyl (C=O) groups is 1. The highest BCUT2D eigenvalue weighted by Crippen LogP contribution is 2.26. The van der Waals surface area contributed by atoms with Gasteiger partial charge in [0.15, 0.2) is 6.10 Å². The molecule has 1 fully saturated rings. The lowest BCUT2D eigenvalue weighted by Gasteiger charge is -2.34. The molecule has 0 aliphatic carbocycles. The number of β-amino-alcohol motifs (C(OH)–C–C–N with tert-alkyl or cyclic N) is 1. The average Bonchev–Trinajstić information content (AvgIpc) is 2.88. The maximum absolute atomic E-state index is 12.3. The predicted molar refractivity (Wildman–Crippen MR) is 68.2 cm³/mol. The molecule has 1 saturated heterocycles. The van der Waals surface area contributed by atoms with E-state index in [1.165, 1.54) is 6.07 Å². The number of nitrogens with zero attached hydrogens (tertiary/aromatic N) is 2. The highest BCUT2D eigenvalue weighted by Gasteiger charge is 2.39. The van der Waals surface area contributed by atoms with E-state index in [2.05, 4.69) is 0 Å². The van der Waals surface area contributed by atoms with Crippen molar-refractivity contribution in [2.24, 2.45) is 0 Å². The Hall–Kier alpha value is -1.54. The van der Waals surface area contributed by atoms with Crippen LogP contribution in [0.4, 0.5) is 13.2 Å². The number of hydrogen-bond donors (Lipinski definition) is 2. The average molecular weight is 306 g/mol. The molecule has 0 bridgehead atoms. The second-order valence-corrected chi connectivity index (χ2v) is 5.20. The van der Waals surface area contributed by atoms with Crippen LogP contribution in [0.15, 0.2) is 18.3 Å². The fourth-order valence-corrected chi connectivity index (χ4v) is 2.62. The topological polar surface area (TPSA) is 65.7 Å². The molecule has 21 heavy (non-hydrogen) atoms. The van der Waals surface area contributed by atoms with Crippen molar-refractivity contribution in [2.75, 3.05) is 19.6 Å². The number of aliphatic hydroxyl groups is 1. The van der Waals surface area contributed by atoms with Gasteiger partial charge in [0.25, 0.3) is 0 Å².